The lowest BCUT2D eigenvalue weighted by Gasteiger charge is -2.20. The Bertz CT molecular complexity index is 266. The highest BCUT2D eigenvalue weighted by atomic mass is 16.6. The molecule has 0 heterocycles. The van der Waals surface area contributed by atoms with Gasteiger partial charge in [0, 0.05) is 12.6 Å². The van der Waals surface area contributed by atoms with Crippen LogP contribution in [0, 0.1) is 5.41 Å². The van der Waals surface area contributed by atoms with Crippen LogP contribution in [-0.4, -0.2) is 24.5 Å². The van der Waals surface area contributed by atoms with E-state index in [1.807, 2.05) is 0 Å². The summed E-state index contributed by atoms with van der Waals surface area (Å²) in [7, 11) is 1.53. The summed E-state index contributed by atoms with van der Waals surface area (Å²) in [5, 5.41) is 7.29. The van der Waals surface area contributed by atoms with E-state index < -0.39 is 11.6 Å². The normalized spacial score (nSPS) is 10.7. The summed E-state index contributed by atoms with van der Waals surface area (Å²) in [6.45, 7) is 8.85. The van der Waals surface area contributed by atoms with E-state index in [0.717, 1.165) is 0 Å². The molecule has 0 saturated heterocycles. The van der Waals surface area contributed by atoms with Gasteiger partial charge in [0.2, 0.25) is 5.90 Å². The van der Waals surface area contributed by atoms with Crippen molar-refractivity contribution in [1.29, 1.82) is 5.41 Å². The van der Waals surface area contributed by atoms with Gasteiger partial charge < -0.3 is 9.57 Å². The second kappa shape index (κ2) is 5.50. The van der Waals surface area contributed by atoms with Crippen LogP contribution in [0.2, 0.25) is 0 Å². The average molecular weight is 214 g/mol. The molecule has 0 radical (unpaired) electrons. The Labute approximate surface area is 89.9 Å². The highest BCUT2D eigenvalue weighted by Crippen LogP contribution is 2.12. The van der Waals surface area contributed by atoms with Crippen molar-refractivity contribution in [1.82, 2.24) is 5.48 Å². The molecule has 0 fully saturated rings. The maximum atomic E-state index is 11.4. The molecule has 5 heteroatoms. The minimum absolute atomic E-state index is 0.0375. The zero-order valence-electron chi connectivity index (χ0n) is 9.64. The van der Waals surface area contributed by atoms with Crippen LogP contribution >= 0.6 is 0 Å². The van der Waals surface area contributed by atoms with Gasteiger partial charge in [-0.1, -0.05) is 6.58 Å². The van der Waals surface area contributed by atoms with Crippen LogP contribution in [0.25, 0.3) is 0 Å². The maximum Gasteiger partial charge on any atom is 0.334 e. The highest BCUT2D eigenvalue weighted by molar-refractivity contribution is 5.94. The van der Waals surface area contributed by atoms with Crippen LogP contribution in [0.15, 0.2) is 12.2 Å². The van der Waals surface area contributed by atoms with Crippen molar-refractivity contribution in [2.75, 3.05) is 7.05 Å². The first-order valence-corrected chi connectivity index (χ1v) is 4.58. The summed E-state index contributed by atoms with van der Waals surface area (Å²) in [6, 6.07) is 0. The fourth-order valence-corrected chi connectivity index (χ4v) is 0.776. The first kappa shape index (κ1) is 13.6. The monoisotopic (exact) mass is 214 g/mol. The van der Waals surface area contributed by atoms with Crippen LogP contribution in [0.3, 0.4) is 0 Å². The second-order valence-corrected chi connectivity index (χ2v) is 4.01. The average Bonchev–Trinajstić information content (AvgIpc) is 2.00. The third-order valence-electron chi connectivity index (χ3n) is 1.29. The lowest BCUT2D eigenvalue weighted by atomic mass is 10.1. The zero-order valence-corrected chi connectivity index (χ0v) is 9.64. The largest absolute Gasteiger partial charge is 0.457 e. The fraction of sp³-hybridized carbons (Fsp3) is 0.600. The molecule has 0 unspecified atom stereocenters. The van der Waals surface area contributed by atoms with E-state index >= 15 is 0 Å². The van der Waals surface area contributed by atoms with Crippen LogP contribution < -0.4 is 5.48 Å². The molecule has 5 nitrogen and oxygen atoms in total. The lowest BCUT2D eigenvalue weighted by Crippen LogP contribution is -2.26. The second-order valence-electron chi connectivity index (χ2n) is 4.01. The minimum Gasteiger partial charge on any atom is -0.457 e. The van der Waals surface area contributed by atoms with E-state index in [1.54, 1.807) is 20.8 Å². The Morgan fingerprint density at radius 2 is 2.00 bits per heavy atom. The molecule has 0 aromatic rings. The molecule has 0 spiro atoms. The molecule has 0 aromatic carbocycles. The molecule has 0 rings (SSSR count). The van der Waals surface area contributed by atoms with Crippen LogP contribution in [-0.2, 0) is 14.4 Å². The summed E-state index contributed by atoms with van der Waals surface area (Å²) < 4.78 is 5.07. The van der Waals surface area contributed by atoms with Crippen LogP contribution in [0.4, 0.5) is 0 Å². The zero-order chi connectivity index (χ0) is 12.1. The van der Waals surface area contributed by atoms with Gasteiger partial charge in [-0.25, -0.2) is 4.79 Å². The maximum absolute atomic E-state index is 11.4. The number of nitrogens with one attached hydrogen (secondary N) is 2. The third-order valence-corrected chi connectivity index (χ3v) is 1.29. The van der Waals surface area contributed by atoms with Crippen molar-refractivity contribution in [3.05, 3.63) is 12.2 Å². The number of ether oxygens (including phenoxy) is 1. The first-order chi connectivity index (χ1) is 6.76. The summed E-state index contributed by atoms with van der Waals surface area (Å²) in [5.74, 6) is -0.583. The van der Waals surface area contributed by atoms with Crippen molar-refractivity contribution in [3.63, 3.8) is 0 Å². The Morgan fingerprint density at radius 1 is 1.47 bits per heavy atom. The van der Waals surface area contributed by atoms with Gasteiger partial charge in [0.05, 0.1) is 6.42 Å². The van der Waals surface area contributed by atoms with Gasteiger partial charge in [-0.2, -0.15) is 5.48 Å². The third kappa shape index (κ3) is 6.68. The number of carbonyl (C=O) groups excluding carboxylic acids is 1. The molecule has 15 heavy (non-hydrogen) atoms. The van der Waals surface area contributed by atoms with Gasteiger partial charge in [-0.3, -0.25) is 5.41 Å². The molecule has 2 N–H and O–H groups in total. The molecule has 0 saturated carbocycles. The Kier molecular flexibility index (Phi) is 5.00. The number of hydrogen-bond donors (Lipinski definition) is 2. The predicted octanol–water partition coefficient (Wildman–Crippen LogP) is 1.40. The topological polar surface area (TPSA) is 71.4 Å². The van der Waals surface area contributed by atoms with Crippen LogP contribution in [0.1, 0.15) is 27.2 Å². The molecule has 0 aromatic heterocycles. The predicted molar refractivity (Wildman–Crippen MR) is 57.5 cm³/mol. The number of esters is 1. The summed E-state index contributed by atoms with van der Waals surface area (Å²) in [5.41, 5.74) is 1.99. The quantitative estimate of drug-likeness (QED) is 0.244. The smallest absolute Gasteiger partial charge is 0.334 e. The van der Waals surface area contributed by atoms with Crippen molar-refractivity contribution in [2.24, 2.45) is 0 Å². The molecule has 0 bridgehead atoms. The van der Waals surface area contributed by atoms with Gasteiger partial charge in [-0.15, -0.1) is 0 Å². The van der Waals surface area contributed by atoms with Gasteiger partial charge >= 0.3 is 5.97 Å². The molecule has 0 amide bonds. The van der Waals surface area contributed by atoms with Crippen molar-refractivity contribution >= 4 is 11.9 Å². The number of hydroxylamine groups is 1. The van der Waals surface area contributed by atoms with E-state index in [-0.39, 0.29) is 17.9 Å². The Balaban J connectivity index is 4.12. The molecular weight excluding hydrogens is 196 g/mol. The number of rotatable bonds is 4. The minimum atomic E-state index is -0.550. The molecule has 0 aliphatic heterocycles. The number of carbonyl (C=O) groups is 1. The molecule has 0 aliphatic carbocycles. The Morgan fingerprint density at radius 3 is 2.40 bits per heavy atom. The van der Waals surface area contributed by atoms with E-state index in [1.165, 1.54) is 7.05 Å². The first-order valence-electron chi connectivity index (χ1n) is 4.58. The SMILES string of the molecule is C=C(CC(=N)ONC)C(=O)OC(C)(C)C. The molecular formula is C10H18N2O3. The van der Waals surface area contributed by atoms with E-state index in [4.69, 9.17) is 10.1 Å². The van der Waals surface area contributed by atoms with Gasteiger partial charge in [0.25, 0.3) is 0 Å². The summed E-state index contributed by atoms with van der Waals surface area (Å²) >= 11 is 0. The molecule has 0 aliphatic rings. The fourth-order valence-electron chi connectivity index (χ4n) is 0.776. The molecule has 86 valence electrons. The lowest BCUT2D eigenvalue weighted by molar-refractivity contribution is -0.149. The van der Waals surface area contributed by atoms with E-state index in [0.29, 0.717) is 0 Å². The van der Waals surface area contributed by atoms with Gasteiger partial charge in [0.15, 0.2) is 0 Å². The highest BCUT2D eigenvalue weighted by Gasteiger charge is 2.19. The van der Waals surface area contributed by atoms with Crippen molar-refractivity contribution in [2.45, 2.75) is 32.8 Å². The van der Waals surface area contributed by atoms with E-state index in [9.17, 15) is 4.79 Å². The summed E-state index contributed by atoms with van der Waals surface area (Å²) in [4.78, 5) is 16.1. The van der Waals surface area contributed by atoms with Crippen molar-refractivity contribution in [3.8, 4) is 0 Å². The Hall–Kier alpha value is -1.36. The summed E-state index contributed by atoms with van der Waals surface area (Å²) in [6.07, 6.45) is 0.0375. The van der Waals surface area contributed by atoms with Crippen molar-refractivity contribution < 1.29 is 14.4 Å². The molecule has 0 atom stereocenters. The number of hydrogen-bond acceptors (Lipinski definition) is 5. The van der Waals surface area contributed by atoms with E-state index in [2.05, 4.69) is 16.9 Å². The van der Waals surface area contributed by atoms with Gasteiger partial charge in [-0.05, 0) is 20.8 Å². The van der Waals surface area contributed by atoms with Gasteiger partial charge in [0.1, 0.15) is 5.60 Å². The standard InChI is InChI=1S/C10H18N2O3/c1-7(6-8(11)15-12-5)9(13)14-10(2,3)4/h11-12H,1,6H2,2-5H3. The van der Waals surface area contributed by atoms with Crippen LogP contribution in [0.5, 0.6) is 0 Å².